The highest BCUT2D eigenvalue weighted by Crippen LogP contribution is 2.66. The number of ether oxygens (including phenoxy) is 1. The molecule has 1 spiro atoms. The molecule has 0 N–H and O–H groups in total. The SMILES string of the molecule is O=C1C(Cl)=C(Cl)C2(O[C@@H]3[C@H]2[C@@H]2C=C[C@H]3C2)C(Cl)=C1Cl. The fourth-order valence-electron chi connectivity index (χ4n) is 3.81. The third kappa shape index (κ3) is 1.28. The minimum atomic E-state index is -1.000. The van der Waals surface area contributed by atoms with Crippen LogP contribution in [-0.2, 0) is 9.53 Å². The molecular formula is C13H8Cl4O2. The normalized spacial score (nSPS) is 42.2. The van der Waals surface area contributed by atoms with Gasteiger partial charge in [0.1, 0.15) is 15.7 Å². The highest BCUT2D eigenvalue weighted by Gasteiger charge is 2.69. The summed E-state index contributed by atoms with van der Waals surface area (Å²) in [6, 6.07) is 0. The van der Waals surface area contributed by atoms with Crippen molar-refractivity contribution in [2.24, 2.45) is 17.8 Å². The van der Waals surface area contributed by atoms with Crippen LogP contribution in [0.2, 0.25) is 0 Å². The summed E-state index contributed by atoms with van der Waals surface area (Å²) in [6.07, 6.45) is 5.47. The zero-order valence-electron chi connectivity index (χ0n) is 9.50. The largest absolute Gasteiger partial charge is 0.359 e. The molecule has 0 aromatic rings. The molecule has 6 heteroatoms. The average molecular weight is 338 g/mol. The summed E-state index contributed by atoms with van der Waals surface area (Å²) in [7, 11) is 0. The lowest BCUT2D eigenvalue weighted by molar-refractivity contribution is -0.217. The monoisotopic (exact) mass is 336 g/mol. The van der Waals surface area contributed by atoms with E-state index >= 15 is 0 Å². The molecule has 1 saturated heterocycles. The molecule has 4 atom stereocenters. The van der Waals surface area contributed by atoms with Gasteiger partial charge in [0, 0.05) is 11.8 Å². The molecule has 0 amide bonds. The van der Waals surface area contributed by atoms with Crippen molar-refractivity contribution >= 4 is 52.2 Å². The van der Waals surface area contributed by atoms with Crippen molar-refractivity contribution in [2.75, 3.05) is 0 Å². The molecule has 2 nitrogen and oxygen atoms in total. The summed E-state index contributed by atoms with van der Waals surface area (Å²) >= 11 is 24.6. The number of carbonyl (C=O) groups is 1. The summed E-state index contributed by atoms with van der Waals surface area (Å²) in [5, 5.41) is 0.189. The second kappa shape index (κ2) is 3.80. The maximum absolute atomic E-state index is 11.8. The first-order chi connectivity index (χ1) is 8.98. The Hall–Kier alpha value is 0.01000. The Bertz CT molecular complexity index is 576. The lowest BCUT2D eigenvalue weighted by Crippen LogP contribution is -2.63. The third-order valence-electron chi connectivity index (χ3n) is 4.61. The van der Waals surface area contributed by atoms with E-state index in [4.69, 9.17) is 51.1 Å². The van der Waals surface area contributed by atoms with Gasteiger partial charge in [-0.05, 0) is 12.3 Å². The van der Waals surface area contributed by atoms with Crippen LogP contribution in [0.5, 0.6) is 0 Å². The summed E-state index contributed by atoms with van der Waals surface area (Å²) in [5.41, 5.74) is -1.000. The Kier molecular flexibility index (Phi) is 2.55. The topological polar surface area (TPSA) is 26.3 Å². The molecule has 0 radical (unpaired) electrons. The second-order valence-corrected chi connectivity index (χ2v) is 6.89. The van der Waals surface area contributed by atoms with E-state index in [2.05, 4.69) is 12.2 Å². The molecule has 1 aliphatic heterocycles. The van der Waals surface area contributed by atoms with E-state index in [-0.39, 0.29) is 32.2 Å². The average Bonchev–Trinajstić information content (AvgIpc) is 2.91. The summed E-state index contributed by atoms with van der Waals surface area (Å²) < 4.78 is 5.99. The van der Waals surface area contributed by atoms with E-state index in [1.165, 1.54) is 0 Å². The Balaban J connectivity index is 1.88. The predicted octanol–water partition coefficient (Wildman–Crippen LogP) is 3.91. The molecule has 1 saturated carbocycles. The fraction of sp³-hybridized carbons (Fsp3) is 0.462. The first-order valence-corrected chi connectivity index (χ1v) is 7.52. The molecule has 2 bridgehead atoms. The van der Waals surface area contributed by atoms with Crippen LogP contribution in [0.25, 0.3) is 0 Å². The first-order valence-electron chi connectivity index (χ1n) is 6.01. The molecule has 4 rings (SSSR count). The summed E-state index contributed by atoms with van der Waals surface area (Å²) in [4.78, 5) is 11.8. The number of allylic oxidation sites excluding steroid dienone is 3. The van der Waals surface area contributed by atoms with E-state index in [9.17, 15) is 4.79 Å². The third-order valence-corrected chi connectivity index (χ3v) is 6.47. The van der Waals surface area contributed by atoms with E-state index in [1.807, 2.05) is 0 Å². The van der Waals surface area contributed by atoms with E-state index < -0.39 is 11.4 Å². The van der Waals surface area contributed by atoms with Crippen molar-refractivity contribution in [1.82, 2.24) is 0 Å². The molecule has 0 unspecified atom stereocenters. The van der Waals surface area contributed by atoms with Gasteiger partial charge in [0.25, 0.3) is 0 Å². The van der Waals surface area contributed by atoms with Crippen LogP contribution in [0.3, 0.4) is 0 Å². The molecule has 2 fully saturated rings. The molecule has 0 aromatic carbocycles. The van der Waals surface area contributed by atoms with Crippen LogP contribution in [0.1, 0.15) is 6.42 Å². The van der Waals surface area contributed by atoms with Gasteiger partial charge in [-0.2, -0.15) is 0 Å². The summed E-state index contributed by atoms with van der Waals surface area (Å²) in [5.74, 6) is 0.353. The zero-order valence-corrected chi connectivity index (χ0v) is 12.5. The quantitative estimate of drug-likeness (QED) is 0.626. The number of fused-ring (bicyclic) bond motifs is 6. The molecule has 1 heterocycles. The highest BCUT2D eigenvalue weighted by atomic mass is 35.5. The number of halogens is 4. The Labute approximate surface area is 130 Å². The van der Waals surface area contributed by atoms with E-state index in [0.29, 0.717) is 11.8 Å². The number of carbonyl (C=O) groups excluding carboxylic acids is 1. The van der Waals surface area contributed by atoms with Gasteiger partial charge < -0.3 is 4.74 Å². The maximum Gasteiger partial charge on any atom is 0.218 e. The van der Waals surface area contributed by atoms with Gasteiger partial charge in [-0.25, -0.2) is 0 Å². The number of hydrogen-bond donors (Lipinski definition) is 0. The van der Waals surface area contributed by atoms with Crippen LogP contribution in [0, 0.1) is 17.8 Å². The van der Waals surface area contributed by atoms with Gasteiger partial charge in [-0.1, -0.05) is 58.6 Å². The van der Waals surface area contributed by atoms with Crippen LogP contribution in [-0.4, -0.2) is 17.5 Å². The Morgan fingerprint density at radius 3 is 2.21 bits per heavy atom. The van der Waals surface area contributed by atoms with Crippen molar-refractivity contribution in [3.8, 4) is 0 Å². The molecule has 3 aliphatic carbocycles. The van der Waals surface area contributed by atoms with Crippen LogP contribution < -0.4 is 0 Å². The van der Waals surface area contributed by atoms with Crippen molar-refractivity contribution < 1.29 is 9.53 Å². The van der Waals surface area contributed by atoms with Crippen LogP contribution in [0.15, 0.2) is 32.3 Å². The smallest absolute Gasteiger partial charge is 0.218 e. The van der Waals surface area contributed by atoms with E-state index in [1.54, 1.807) is 0 Å². The minimum Gasteiger partial charge on any atom is -0.359 e. The van der Waals surface area contributed by atoms with Gasteiger partial charge >= 0.3 is 0 Å². The zero-order chi connectivity index (χ0) is 13.5. The fourth-order valence-corrected chi connectivity index (χ4v) is 5.07. The second-order valence-electron chi connectivity index (χ2n) is 5.38. The highest BCUT2D eigenvalue weighted by molar-refractivity contribution is 6.61. The van der Waals surface area contributed by atoms with Gasteiger partial charge in [-0.3, -0.25) is 4.79 Å². The number of rotatable bonds is 0. The number of hydrogen-bond acceptors (Lipinski definition) is 2. The standard InChI is InChI=1S/C13H8Cl4O2/c14-7-9(18)8(15)12(17)13(11(7)16)6-4-1-2-5(3-4)10(6)19-13/h1-2,4-6,10H,3H2/t4-,5+,6-,10+/m1/s1. The van der Waals surface area contributed by atoms with Crippen LogP contribution >= 0.6 is 46.4 Å². The number of ketones is 1. The van der Waals surface area contributed by atoms with E-state index in [0.717, 1.165) is 6.42 Å². The molecular weight excluding hydrogens is 330 g/mol. The lowest BCUT2D eigenvalue weighted by Gasteiger charge is -2.56. The maximum atomic E-state index is 11.8. The van der Waals surface area contributed by atoms with Crippen molar-refractivity contribution in [3.63, 3.8) is 0 Å². The minimum absolute atomic E-state index is 0.0822. The first kappa shape index (κ1) is 12.7. The Morgan fingerprint density at radius 1 is 1.05 bits per heavy atom. The van der Waals surface area contributed by atoms with Crippen molar-refractivity contribution in [2.45, 2.75) is 18.1 Å². The van der Waals surface area contributed by atoms with Crippen molar-refractivity contribution in [1.29, 1.82) is 0 Å². The predicted molar refractivity (Wildman–Crippen MR) is 74.3 cm³/mol. The molecule has 0 aromatic heterocycles. The summed E-state index contributed by atoms with van der Waals surface area (Å²) in [6.45, 7) is 0. The lowest BCUT2D eigenvalue weighted by atomic mass is 9.69. The van der Waals surface area contributed by atoms with Gasteiger partial charge in [0.2, 0.25) is 5.78 Å². The number of Topliss-reactive ketones (excluding diaryl/α,β-unsaturated/α-hetero) is 1. The van der Waals surface area contributed by atoms with Gasteiger partial charge in [0.15, 0.2) is 0 Å². The Morgan fingerprint density at radius 2 is 1.63 bits per heavy atom. The molecule has 4 aliphatic rings. The molecule has 100 valence electrons. The van der Waals surface area contributed by atoms with Crippen LogP contribution in [0.4, 0.5) is 0 Å². The molecule has 19 heavy (non-hydrogen) atoms. The van der Waals surface area contributed by atoms with Crippen molar-refractivity contribution in [3.05, 3.63) is 32.3 Å². The van der Waals surface area contributed by atoms with Gasteiger partial charge in [-0.15, -0.1) is 0 Å². The van der Waals surface area contributed by atoms with Gasteiger partial charge in [0.05, 0.1) is 16.2 Å².